The SMILES string of the molecule is Cn1cc(-c2cc(CN3CCOC(c4ccc(F)cc4F)C3)on2)cn1. The van der Waals surface area contributed by atoms with E-state index in [4.69, 9.17) is 9.26 Å². The van der Waals surface area contributed by atoms with Gasteiger partial charge in [-0.3, -0.25) is 9.58 Å². The molecule has 1 aliphatic heterocycles. The molecule has 1 fully saturated rings. The van der Waals surface area contributed by atoms with Gasteiger partial charge in [0.1, 0.15) is 17.3 Å². The first-order valence-electron chi connectivity index (χ1n) is 8.32. The number of ether oxygens (including phenoxy) is 1. The van der Waals surface area contributed by atoms with E-state index in [-0.39, 0.29) is 0 Å². The Morgan fingerprint density at radius 3 is 2.92 bits per heavy atom. The highest BCUT2D eigenvalue weighted by Crippen LogP contribution is 2.26. The number of nitrogens with zero attached hydrogens (tertiary/aromatic N) is 4. The van der Waals surface area contributed by atoms with E-state index >= 15 is 0 Å². The minimum atomic E-state index is -0.594. The number of benzene rings is 1. The molecule has 6 nitrogen and oxygen atoms in total. The van der Waals surface area contributed by atoms with Gasteiger partial charge < -0.3 is 9.26 Å². The molecule has 1 atom stereocenters. The van der Waals surface area contributed by atoms with Crippen LogP contribution in [-0.2, 0) is 18.3 Å². The Hall–Kier alpha value is -2.58. The molecule has 3 aromatic rings. The van der Waals surface area contributed by atoms with Crippen LogP contribution >= 0.6 is 0 Å². The summed E-state index contributed by atoms with van der Waals surface area (Å²) >= 11 is 0. The second-order valence-corrected chi connectivity index (χ2v) is 6.34. The van der Waals surface area contributed by atoms with Gasteiger partial charge in [-0.2, -0.15) is 5.10 Å². The van der Waals surface area contributed by atoms with Gasteiger partial charge in [0, 0.05) is 49.6 Å². The number of hydrogen-bond donors (Lipinski definition) is 0. The molecule has 4 rings (SSSR count). The first kappa shape index (κ1) is 16.9. The third-order valence-electron chi connectivity index (χ3n) is 4.40. The molecule has 26 heavy (non-hydrogen) atoms. The third kappa shape index (κ3) is 3.51. The molecule has 2 aromatic heterocycles. The standard InChI is InChI=1S/C18H18F2N4O2/c1-23-9-12(8-21-23)17-7-14(26-22-17)10-24-4-5-25-18(11-24)15-3-2-13(19)6-16(15)20/h2-3,6-9,18H,4-5,10-11H2,1H3. The van der Waals surface area contributed by atoms with Crippen molar-refractivity contribution in [2.24, 2.45) is 7.05 Å². The quantitative estimate of drug-likeness (QED) is 0.716. The van der Waals surface area contributed by atoms with Crippen molar-refractivity contribution < 1.29 is 18.0 Å². The van der Waals surface area contributed by atoms with Crippen molar-refractivity contribution in [1.29, 1.82) is 0 Å². The highest BCUT2D eigenvalue weighted by Gasteiger charge is 2.25. The van der Waals surface area contributed by atoms with Crippen molar-refractivity contribution in [3.05, 3.63) is 59.6 Å². The van der Waals surface area contributed by atoms with Gasteiger partial charge in [-0.25, -0.2) is 8.78 Å². The van der Waals surface area contributed by atoms with Crippen LogP contribution in [0.15, 0.2) is 41.2 Å². The molecule has 3 heterocycles. The molecule has 0 N–H and O–H groups in total. The van der Waals surface area contributed by atoms with Crippen molar-refractivity contribution >= 4 is 0 Å². The van der Waals surface area contributed by atoms with E-state index in [2.05, 4.69) is 15.2 Å². The zero-order valence-electron chi connectivity index (χ0n) is 14.2. The molecule has 8 heteroatoms. The summed E-state index contributed by atoms with van der Waals surface area (Å²) in [5.74, 6) is -0.469. The van der Waals surface area contributed by atoms with Gasteiger partial charge in [-0.1, -0.05) is 11.2 Å². The fourth-order valence-electron chi connectivity index (χ4n) is 3.09. The van der Waals surface area contributed by atoms with E-state index < -0.39 is 17.7 Å². The van der Waals surface area contributed by atoms with Gasteiger partial charge in [-0.15, -0.1) is 0 Å². The Kier molecular flexibility index (Phi) is 4.52. The minimum absolute atomic E-state index is 0.365. The summed E-state index contributed by atoms with van der Waals surface area (Å²) in [7, 11) is 1.84. The second-order valence-electron chi connectivity index (χ2n) is 6.34. The van der Waals surface area contributed by atoms with Crippen LogP contribution in [0.2, 0.25) is 0 Å². The van der Waals surface area contributed by atoms with E-state index in [1.807, 2.05) is 19.3 Å². The zero-order chi connectivity index (χ0) is 18.1. The van der Waals surface area contributed by atoms with Crippen molar-refractivity contribution in [2.45, 2.75) is 12.6 Å². The van der Waals surface area contributed by atoms with Gasteiger partial charge in [0.25, 0.3) is 0 Å². The van der Waals surface area contributed by atoms with Crippen LogP contribution < -0.4 is 0 Å². The summed E-state index contributed by atoms with van der Waals surface area (Å²) in [6.45, 7) is 2.19. The van der Waals surface area contributed by atoms with Crippen molar-refractivity contribution in [2.75, 3.05) is 19.7 Å². The van der Waals surface area contributed by atoms with Crippen LogP contribution in [0.5, 0.6) is 0 Å². The molecule has 0 bridgehead atoms. The Balaban J connectivity index is 1.44. The summed E-state index contributed by atoms with van der Waals surface area (Å²) in [6.07, 6.45) is 3.15. The molecule has 1 saturated heterocycles. The van der Waals surface area contributed by atoms with Gasteiger partial charge in [0.15, 0.2) is 5.76 Å². The van der Waals surface area contributed by atoms with Gasteiger partial charge in [0.05, 0.1) is 25.5 Å². The average molecular weight is 360 g/mol. The third-order valence-corrected chi connectivity index (χ3v) is 4.40. The van der Waals surface area contributed by atoms with Gasteiger partial charge in [-0.05, 0) is 6.07 Å². The molecular formula is C18H18F2N4O2. The van der Waals surface area contributed by atoms with Crippen LogP contribution in [0.4, 0.5) is 8.78 Å². The Bertz CT molecular complexity index is 908. The molecule has 1 aromatic carbocycles. The minimum Gasteiger partial charge on any atom is -0.371 e. The highest BCUT2D eigenvalue weighted by molar-refractivity contribution is 5.56. The van der Waals surface area contributed by atoms with Crippen molar-refractivity contribution in [1.82, 2.24) is 19.8 Å². The summed E-state index contributed by atoms with van der Waals surface area (Å²) in [4.78, 5) is 2.10. The van der Waals surface area contributed by atoms with Crippen molar-refractivity contribution in [3.8, 4) is 11.3 Å². The maximum atomic E-state index is 14.0. The molecular weight excluding hydrogens is 342 g/mol. The van der Waals surface area contributed by atoms with E-state index in [1.54, 1.807) is 10.9 Å². The summed E-state index contributed by atoms with van der Waals surface area (Å²) in [5.41, 5.74) is 1.97. The maximum Gasteiger partial charge on any atom is 0.151 e. The van der Waals surface area contributed by atoms with Gasteiger partial charge >= 0.3 is 0 Å². The summed E-state index contributed by atoms with van der Waals surface area (Å²) in [5, 5.41) is 8.20. The average Bonchev–Trinajstić information content (AvgIpc) is 3.24. The predicted octanol–water partition coefficient (Wildman–Crippen LogP) is 2.93. The first-order chi connectivity index (χ1) is 12.6. The molecule has 136 valence electrons. The molecule has 1 unspecified atom stereocenters. The van der Waals surface area contributed by atoms with Crippen LogP contribution in [0.25, 0.3) is 11.3 Å². The topological polar surface area (TPSA) is 56.3 Å². The Labute approximate surface area is 149 Å². The summed E-state index contributed by atoms with van der Waals surface area (Å²) < 4.78 is 39.9. The molecule has 0 saturated carbocycles. The van der Waals surface area contributed by atoms with Crippen molar-refractivity contribution in [3.63, 3.8) is 0 Å². The Morgan fingerprint density at radius 2 is 2.15 bits per heavy atom. The largest absolute Gasteiger partial charge is 0.371 e. The van der Waals surface area contributed by atoms with Crippen LogP contribution in [0, 0.1) is 11.6 Å². The fourth-order valence-corrected chi connectivity index (χ4v) is 3.09. The predicted molar refractivity (Wildman–Crippen MR) is 89.0 cm³/mol. The lowest BCUT2D eigenvalue weighted by Crippen LogP contribution is -2.38. The maximum absolute atomic E-state index is 14.0. The Morgan fingerprint density at radius 1 is 1.27 bits per heavy atom. The highest BCUT2D eigenvalue weighted by atomic mass is 19.1. The van der Waals surface area contributed by atoms with E-state index in [1.165, 1.54) is 12.1 Å². The molecule has 0 radical (unpaired) electrons. The van der Waals surface area contributed by atoms with E-state index in [0.717, 1.165) is 17.3 Å². The lowest BCUT2D eigenvalue weighted by molar-refractivity contribution is -0.0366. The normalized spacial score (nSPS) is 18.3. The molecule has 0 spiro atoms. The van der Waals surface area contributed by atoms with E-state index in [0.29, 0.717) is 37.6 Å². The lowest BCUT2D eigenvalue weighted by Gasteiger charge is -2.32. The number of hydrogen-bond acceptors (Lipinski definition) is 5. The number of halogens is 2. The van der Waals surface area contributed by atoms with Crippen LogP contribution in [0.3, 0.4) is 0 Å². The molecule has 1 aliphatic rings. The fraction of sp³-hybridized carbons (Fsp3) is 0.333. The van der Waals surface area contributed by atoms with Crippen LogP contribution in [-0.4, -0.2) is 39.5 Å². The first-order valence-corrected chi connectivity index (χ1v) is 8.32. The number of aromatic nitrogens is 3. The second kappa shape index (κ2) is 6.97. The smallest absolute Gasteiger partial charge is 0.151 e. The monoisotopic (exact) mass is 360 g/mol. The summed E-state index contributed by atoms with van der Waals surface area (Å²) in [6, 6.07) is 5.44. The molecule has 0 amide bonds. The van der Waals surface area contributed by atoms with E-state index in [9.17, 15) is 8.78 Å². The molecule has 0 aliphatic carbocycles. The van der Waals surface area contributed by atoms with Crippen LogP contribution in [0.1, 0.15) is 17.4 Å². The number of aryl methyl sites for hydroxylation is 1. The zero-order valence-corrected chi connectivity index (χ0v) is 14.2. The lowest BCUT2D eigenvalue weighted by atomic mass is 10.1. The number of rotatable bonds is 4. The van der Waals surface area contributed by atoms with Gasteiger partial charge in [0.2, 0.25) is 0 Å². The number of morpholine rings is 1.